The summed E-state index contributed by atoms with van der Waals surface area (Å²) in [7, 11) is 0. The molecule has 0 bridgehead atoms. The molecule has 0 saturated carbocycles. The molecule has 1 aliphatic heterocycles. The average molecular weight is 275 g/mol. The van der Waals surface area contributed by atoms with E-state index in [0.29, 0.717) is 6.04 Å². The van der Waals surface area contributed by atoms with Gasteiger partial charge >= 0.3 is 0 Å². The van der Waals surface area contributed by atoms with E-state index in [2.05, 4.69) is 17.6 Å². The molecule has 0 aliphatic carbocycles. The Labute approximate surface area is 112 Å². The molecular weight excluding hydrogens is 256 g/mol. The third kappa shape index (κ3) is 3.69. The van der Waals surface area contributed by atoms with Crippen LogP contribution in [0, 0.1) is 0 Å². The normalized spacial score (nSPS) is 19.5. The van der Waals surface area contributed by atoms with E-state index in [1.165, 1.54) is 11.3 Å². The average Bonchev–Trinajstić information content (AvgIpc) is 2.78. The molecule has 1 aliphatic rings. The Morgan fingerprint density at radius 2 is 2.47 bits per heavy atom. The number of nitrogens with one attached hydrogen (secondary N) is 2. The van der Waals surface area contributed by atoms with Crippen molar-refractivity contribution in [3.8, 4) is 0 Å². The first-order chi connectivity index (χ1) is 7.81. The van der Waals surface area contributed by atoms with Gasteiger partial charge in [0.25, 0.3) is 5.91 Å². The molecule has 2 heterocycles. The van der Waals surface area contributed by atoms with Crippen molar-refractivity contribution < 1.29 is 4.79 Å². The van der Waals surface area contributed by atoms with E-state index in [1.807, 2.05) is 11.4 Å². The molecule has 3 nitrogen and oxygen atoms in total. The Hall–Kier alpha value is -0.580. The van der Waals surface area contributed by atoms with Crippen LogP contribution in [0.2, 0.25) is 0 Å². The van der Waals surface area contributed by atoms with Crippen molar-refractivity contribution in [2.75, 3.05) is 13.1 Å². The van der Waals surface area contributed by atoms with Gasteiger partial charge in [0.05, 0.1) is 4.88 Å². The van der Waals surface area contributed by atoms with Crippen LogP contribution in [0.5, 0.6) is 0 Å². The van der Waals surface area contributed by atoms with Crippen LogP contribution >= 0.6 is 23.7 Å². The number of aryl methyl sites for hydroxylation is 1. The van der Waals surface area contributed by atoms with Crippen molar-refractivity contribution in [1.29, 1.82) is 0 Å². The molecule has 1 aromatic rings. The van der Waals surface area contributed by atoms with Gasteiger partial charge in [-0.15, -0.1) is 23.7 Å². The van der Waals surface area contributed by atoms with Crippen LogP contribution in [-0.4, -0.2) is 25.0 Å². The summed E-state index contributed by atoms with van der Waals surface area (Å²) < 4.78 is 0. The Kier molecular flexibility index (Phi) is 5.95. The lowest BCUT2D eigenvalue weighted by molar-refractivity contribution is 0.0934. The highest BCUT2D eigenvalue weighted by molar-refractivity contribution is 7.12. The highest BCUT2D eigenvalue weighted by atomic mass is 35.5. The highest BCUT2D eigenvalue weighted by Crippen LogP contribution is 2.17. The molecule has 1 atom stereocenters. The van der Waals surface area contributed by atoms with Crippen molar-refractivity contribution >= 4 is 29.7 Å². The van der Waals surface area contributed by atoms with Gasteiger partial charge in [-0.25, -0.2) is 0 Å². The smallest absolute Gasteiger partial charge is 0.261 e. The van der Waals surface area contributed by atoms with E-state index in [1.54, 1.807) is 0 Å². The first-order valence-corrected chi connectivity index (χ1v) is 6.77. The number of hydrogen-bond donors (Lipinski definition) is 2. The molecule has 17 heavy (non-hydrogen) atoms. The number of rotatable bonds is 3. The zero-order valence-corrected chi connectivity index (χ0v) is 11.6. The summed E-state index contributed by atoms with van der Waals surface area (Å²) in [4.78, 5) is 12.9. The van der Waals surface area contributed by atoms with Crippen LogP contribution in [0.4, 0.5) is 0 Å². The first-order valence-electron chi connectivity index (χ1n) is 5.89. The van der Waals surface area contributed by atoms with Crippen molar-refractivity contribution in [2.45, 2.75) is 32.2 Å². The Morgan fingerprint density at radius 1 is 1.65 bits per heavy atom. The molecular formula is C12H19ClN2OS. The summed E-state index contributed by atoms with van der Waals surface area (Å²) in [5.74, 6) is 0.0977. The van der Waals surface area contributed by atoms with E-state index in [-0.39, 0.29) is 18.3 Å². The van der Waals surface area contributed by atoms with Crippen molar-refractivity contribution in [1.82, 2.24) is 10.6 Å². The second kappa shape index (κ2) is 6.99. The fourth-order valence-electron chi connectivity index (χ4n) is 2.04. The quantitative estimate of drug-likeness (QED) is 0.887. The molecule has 2 N–H and O–H groups in total. The maximum absolute atomic E-state index is 12.0. The van der Waals surface area contributed by atoms with Crippen LogP contribution in [0.15, 0.2) is 11.4 Å². The van der Waals surface area contributed by atoms with Gasteiger partial charge in [-0.05, 0) is 42.8 Å². The first kappa shape index (κ1) is 14.5. The lowest BCUT2D eigenvalue weighted by Gasteiger charge is -2.23. The van der Waals surface area contributed by atoms with E-state index < -0.39 is 0 Å². The number of halogens is 1. The molecule has 1 saturated heterocycles. The molecule has 0 radical (unpaired) electrons. The van der Waals surface area contributed by atoms with Gasteiger partial charge in [-0.1, -0.05) is 6.92 Å². The topological polar surface area (TPSA) is 41.1 Å². The van der Waals surface area contributed by atoms with E-state index >= 15 is 0 Å². The fourth-order valence-corrected chi connectivity index (χ4v) is 2.94. The van der Waals surface area contributed by atoms with Crippen molar-refractivity contribution in [3.63, 3.8) is 0 Å². The molecule has 2 rings (SSSR count). The zero-order valence-electron chi connectivity index (χ0n) is 9.99. The number of carbonyl (C=O) groups is 1. The minimum absolute atomic E-state index is 0. The van der Waals surface area contributed by atoms with Crippen LogP contribution in [0.1, 0.15) is 35.0 Å². The van der Waals surface area contributed by atoms with Gasteiger partial charge in [0.1, 0.15) is 0 Å². The van der Waals surface area contributed by atoms with Crippen LogP contribution < -0.4 is 10.6 Å². The fraction of sp³-hybridized carbons (Fsp3) is 0.583. The molecule has 1 fully saturated rings. The predicted molar refractivity (Wildman–Crippen MR) is 74.3 cm³/mol. The summed E-state index contributed by atoms with van der Waals surface area (Å²) >= 11 is 1.54. The van der Waals surface area contributed by atoms with Crippen LogP contribution in [0.25, 0.3) is 0 Å². The van der Waals surface area contributed by atoms with Crippen LogP contribution in [-0.2, 0) is 6.42 Å². The third-order valence-electron chi connectivity index (χ3n) is 2.97. The molecule has 5 heteroatoms. The molecule has 0 spiro atoms. The maximum Gasteiger partial charge on any atom is 0.261 e. The second-order valence-corrected chi connectivity index (χ2v) is 5.06. The number of thiophene rings is 1. The number of hydrogen-bond acceptors (Lipinski definition) is 3. The van der Waals surface area contributed by atoms with Crippen molar-refractivity contribution in [3.05, 3.63) is 21.9 Å². The molecule has 1 amide bonds. The molecule has 96 valence electrons. The summed E-state index contributed by atoms with van der Waals surface area (Å²) in [6, 6.07) is 2.34. The minimum Gasteiger partial charge on any atom is -0.347 e. The standard InChI is InChI=1S/C12H18N2OS.ClH/c1-2-9-5-7-16-11(9)12(15)14-10-4-3-6-13-8-10;/h5,7,10,13H,2-4,6,8H2,1H3,(H,14,15);1H/t10-;/m0./s1. The third-order valence-corrected chi connectivity index (χ3v) is 3.92. The number of carbonyl (C=O) groups excluding carboxylic acids is 1. The van der Waals surface area contributed by atoms with Crippen molar-refractivity contribution in [2.24, 2.45) is 0 Å². The highest BCUT2D eigenvalue weighted by Gasteiger charge is 2.18. The summed E-state index contributed by atoms with van der Waals surface area (Å²) in [6.45, 7) is 4.06. The van der Waals surface area contributed by atoms with E-state index in [4.69, 9.17) is 0 Å². The largest absolute Gasteiger partial charge is 0.347 e. The molecule has 0 unspecified atom stereocenters. The predicted octanol–water partition coefficient (Wildman–Crippen LogP) is 2.21. The van der Waals surface area contributed by atoms with Gasteiger partial charge in [0.15, 0.2) is 0 Å². The Bertz CT molecular complexity index is 361. The summed E-state index contributed by atoms with van der Waals surface area (Å²) in [6.07, 6.45) is 3.16. The van der Waals surface area contributed by atoms with Gasteiger partial charge in [-0.2, -0.15) is 0 Å². The van der Waals surface area contributed by atoms with Gasteiger partial charge < -0.3 is 10.6 Å². The van der Waals surface area contributed by atoms with E-state index in [9.17, 15) is 4.79 Å². The second-order valence-electron chi connectivity index (χ2n) is 4.15. The summed E-state index contributed by atoms with van der Waals surface area (Å²) in [5, 5.41) is 8.40. The SMILES string of the molecule is CCc1ccsc1C(=O)N[C@H]1CCCNC1.Cl. The van der Waals surface area contributed by atoms with E-state index in [0.717, 1.165) is 42.8 Å². The van der Waals surface area contributed by atoms with Gasteiger partial charge in [0, 0.05) is 12.6 Å². The molecule has 0 aromatic carbocycles. The lowest BCUT2D eigenvalue weighted by atomic mass is 10.1. The molecule has 1 aromatic heterocycles. The number of amides is 1. The monoisotopic (exact) mass is 274 g/mol. The van der Waals surface area contributed by atoms with Gasteiger partial charge in [0.2, 0.25) is 0 Å². The maximum atomic E-state index is 12.0. The summed E-state index contributed by atoms with van der Waals surface area (Å²) in [5.41, 5.74) is 1.16. The zero-order chi connectivity index (χ0) is 11.4. The Morgan fingerprint density at radius 3 is 3.12 bits per heavy atom. The van der Waals surface area contributed by atoms with Gasteiger partial charge in [-0.3, -0.25) is 4.79 Å². The number of piperidine rings is 1. The van der Waals surface area contributed by atoms with Crippen LogP contribution in [0.3, 0.4) is 0 Å². The minimum atomic E-state index is 0. The Balaban J connectivity index is 0.00000144. The lowest BCUT2D eigenvalue weighted by Crippen LogP contribution is -2.45.